The van der Waals surface area contributed by atoms with E-state index in [9.17, 15) is 4.79 Å². The zero-order chi connectivity index (χ0) is 10.7. The minimum atomic E-state index is 0.186. The van der Waals surface area contributed by atoms with Crippen molar-refractivity contribution >= 4 is 5.91 Å². The average molecular weight is 198 g/mol. The van der Waals surface area contributed by atoms with Gasteiger partial charge in [0.15, 0.2) is 0 Å². The van der Waals surface area contributed by atoms with Crippen molar-refractivity contribution in [3.63, 3.8) is 0 Å². The summed E-state index contributed by atoms with van der Waals surface area (Å²) in [5, 5.41) is 3.31. The number of hydrogen-bond acceptors (Lipinski definition) is 2. The Balaban J connectivity index is 2.51. The lowest BCUT2D eigenvalue weighted by atomic mass is 9.90. The van der Waals surface area contributed by atoms with Crippen molar-refractivity contribution in [1.82, 2.24) is 10.2 Å². The van der Waals surface area contributed by atoms with E-state index in [0.29, 0.717) is 17.9 Å². The number of rotatable bonds is 2. The summed E-state index contributed by atoms with van der Waals surface area (Å²) >= 11 is 0. The fourth-order valence-corrected chi connectivity index (χ4v) is 1.89. The summed E-state index contributed by atoms with van der Waals surface area (Å²) in [5.41, 5.74) is 0. The molecule has 1 aliphatic rings. The van der Waals surface area contributed by atoms with Gasteiger partial charge in [0.25, 0.3) is 0 Å². The number of piperidine rings is 1. The SMILES string of the molecule is CC1CNCC(C(=O)N(C)C(C)C)C1. The molecule has 0 aromatic carbocycles. The van der Waals surface area contributed by atoms with Gasteiger partial charge in [0, 0.05) is 19.6 Å². The molecule has 1 saturated heterocycles. The van der Waals surface area contributed by atoms with Gasteiger partial charge in [-0.25, -0.2) is 0 Å². The number of nitrogens with one attached hydrogen (secondary N) is 1. The molecule has 3 nitrogen and oxygen atoms in total. The lowest BCUT2D eigenvalue weighted by Gasteiger charge is -2.31. The largest absolute Gasteiger partial charge is 0.343 e. The third-order valence-corrected chi connectivity index (χ3v) is 3.04. The third kappa shape index (κ3) is 2.71. The molecule has 82 valence electrons. The summed E-state index contributed by atoms with van der Waals surface area (Å²) in [6.45, 7) is 8.20. The molecule has 0 aliphatic carbocycles. The topological polar surface area (TPSA) is 32.3 Å². The molecule has 3 heteroatoms. The van der Waals surface area contributed by atoms with Crippen LogP contribution < -0.4 is 5.32 Å². The Morgan fingerprint density at radius 2 is 2.07 bits per heavy atom. The van der Waals surface area contributed by atoms with Gasteiger partial charge in [-0.05, 0) is 32.7 Å². The van der Waals surface area contributed by atoms with Crippen LogP contribution in [0.3, 0.4) is 0 Å². The van der Waals surface area contributed by atoms with E-state index in [4.69, 9.17) is 0 Å². The fraction of sp³-hybridized carbons (Fsp3) is 0.909. The van der Waals surface area contributed by atoms with E-state index in [-0.39, 0.29) is 5.92 Å². The first kappa shape index (κ1) is 11.5. The predicted molar refractivity (Wildman–Crippen MR) is 58.0 cm³/mol. The molecule has 1 heterocycles. The molecule has 14 heavy (non-hydrogen) atoms. The maximum atomic E-state index is 12.0. The minimum Gasteiger partial charge on any atom is -0.343 e. The molecule has 1 aliphatic heterocycles. The lowest BCUT2D eigenvalue weighted by Crippen LogP contribution is -2.45. The zero-order valence-corrected chi connectivity index (χ0v) is 9.71. The van der Waals surface area contributed by atoms with Gasteiger partial charge in [-0.3, -0.25) is 4.79 Å². The second-order valence-corrected chi connectivity index (χ2v) is 4.74. The van der Waals surface area contributed by atoms with Crippen molar-refractivity contribution in [3.05, 3.63) is 0 Å². The molecular formula is C11H22N2O. The van der Waals surface area contributed by atoms with Crippen molar-refractivity contribution in [2.24, 2.45) is 11.8 Å². The molecule has 1 N–H and O–H groups in total. The van der Waals surface area contributed by atoms with Gasteiger partial charge in [-0.2, -0.15) is 0 Å². The Morgan fingerprint density at radius 1 is 1.43 bits per heavy atom. The van der Waals surface area contributed by atoms with E-state index in [1.54, 1.807) is 0 Å². The third-order valence-electron chi connectivity index (χ3n) is 3.04. The lowest BCUT2D eigenvalue weighted by molar-refractivity contribution is -0.136. The Kier molecular flexibility index (Phi) is 3.93. The summed E-state index contributed by atoms with van der Waals surface area (Å²) in [6.07, 6.45) is 1.03. The first-order valence-corrected chi connectivity index (χ1v) is 5.49. The number of hydrogen-bond donors (Lipinski definition) is 1. The summed E-state index contributed by atoms with van der Waals surface area (Å²) in [4.78, 5) is 13.8. The van der Waals surface area contributed by atoms with Crippen LogP contribution in [-0.4, -0.2) is 37.0 Å². The first-order chi connectivity index (χ1) is 6.52. The second-order valence-electron chi connectivity index (χ2n) is 4.74. The highest BCUT2D eigenvalue weighted by Gasteiger charge is 2.27. The van der Waals surface area contributed by atoms with E-state index in [0.717, 1.165) is 19.5 Å². The van der Waals surface area contributed by atoms with Crippen molar-refractivity contribution in [3.8, 4) is 0 Å². The van der Waals surface area contributed by atoms with Crippen molar-refractivity contribution in [2.45, 2.75) is 33.2 Å². The molecule has 0 saturated carbocycles. The van der Waals surface area contributed by atoms with Crippen molar-refractivity contribution in [1.29, 1.82) is 0 Å². The molecule has 1 rings (SSSR count). The first-order valence-electron chi connectivity index (χ1n) is 5.49. The van der Waals surface area contributed by atoms with Crippen molar-refractivity contribution in [2.75, 3.05) is 20.1 Å². The molecule has 0 spiro atoms. The molecule has 0 aromatic rings. The monoisotopic (exact) mass is 198 g/mol. The normalized spacial score (nSPS) is 27.8. The number of carbonyl (C=O) groups excluding carboxylic acids is 1. The maximum absolute atomic E-state index is 12.0. The van der Waals surface area contributed by atoms with Crippen LogP contribution in [0.5, 0.6) is 0 Å². The maximum Gasteiger partial charge on any atom is 0.226 e. The van der Waals surface area contributed by atoms with Crippen LogP contribution in [0.4, 0.5) is 0 Å². The van der Waals surface area contributed by atoms with Gasteiger partial charge in [0.1, 0.15) is 0 Å². The molecule has 0 aromatic heterocycles. The Bertz CT molecular complexity index is 203. The van der Waals surface area contributed by atoms with Gasteiger partial charge in [0.2, 0.25) is 5.91 Å². The molecule has 0 bridgehead atoms. The van der Waals surface area contributed by atoms with Crippen LogP contribution >= 0.6 is 0 Å². The van der Waals surface area contributed by atoms with Gasteiger partial charge in [0.05, 0.1) is 5.92 Å². The Labute approximate surface area is 86.9 Å². The van der Waals surface area contributed by atoms with E-state index in [1.165, 1.54) is 0 Å². The highest BCUT2D eigenvalue weighted by Crippen LogP contribution is 2.18. The van der Waals surface area contributed by atoms with Gasteiger partial charge >= 0.3 is 0 Å². The summed E-state index contributed by atoms with van der Waals surface area (Å²) in [5.74, 6) is 1.10. The van der Waals surface area contributed by atoms with Gasteiger partial charge < -0.3 is 10.2 Å². The van der Waals surface area contributed by atoms with Crippen molar-refractivity contribution < 1.29 is 4.79 Å². The standard InChI is InChI=1S/C11H22N2O/c1-8(2)13(4)11(14)10-5-9(3)6-12-7-10/h8-10,12H,5-7H2,1-4H3. The van der Waals surface area contributed by atoms with E-state index >= 15 is 0 Å². The van der Waals surface area contributed by atoms with Gasteiger partial charge in [-0.1, -0.05) is 6.92 Å². The summed E-state index contributed by atoms with van der Waals surface area (Å²) in [7, 11) is 1.90. The zero-order valence-electron chi connectivity index (χ0n) is 9.71. The highest BCUT2D eigenvalue weighted by molar-refractivity contribution is 5.79. The van der Waals surface area contributed by atoms with E-state index in [2.05, 4.69) is 26.1 Å². The molecule has 1 amide bonds. The smallest absolute Gasteiger partial charge is 0.226 e. The molecule has 2 unspecified atom stereocenters. The van der Waals surface area contributed by atoms with Crippen LogP contribution in [-0.2, 0) is 4.79 Å². The van der Waals surface area contributed by atoms with Crippen LogP contribution in [0, 0.1) is 11.8 Å². The minimum absolute atomic E-state index is 0.186. The van der Waals surface area contributed by atoms with Crippen LogP contribution in [0.25, 0.3) is 0 Å². The predicted octanol–water partition coefficient (Wildman–Crippen LogP) is 1.10. The summed E-state index contributed by atoms with van der Waals surface area (Å²) in [6, 6.07) is 0.305. The number of amides is 1. The van der Waals surface area contributed by atoms with E-state index in [1.807, 2.05) is 11.9 Å². The van der Waals surface area contributed by atoms with E-state index < -0.39 is 0 Å². The van der Waals surface area contributed by atoms with Crippen LogP contribution in [0.15, 0.2) is 0 Å². The highest BCUT2D eigenvalue weighted by atomic mass is 16.2. The molecular weight excluding hydrogens is 176 g/mol. The average Bonchev–Trinajstić information content (AvgIpc) is 2.15. The van der Waals surface area contributed by atoms with Crippen LogP contribution in [0.2, 0.25) is 0 Å². The Hall–Kier alpha value is -0.570. The Morgan fingerprint density at radius 3 is 2.57 bits per heavy atom. The van der Waals surface area contributed by atoms with Crippen LogP contribution in [0.1, 0.15) is 27.2 Å². The second kappa shape index (κ2) is 4.78. The molecule has 1 fully saturated rings. The molecule has 0 radical (unpaired) electrons. The molecule has 2 atom stereocenters. The number of carbonyl (C=O) groups is 1. The summed E-state index contributed by atoms with van der Waals surface area (Å²) < 4.78 is 0. The number of nitrogens with zero attached hydrogens (tertiary/aromatic N) is 1. The quantitative estimate of drug-likeness (QED) is 0.720. The fourth-order valence-electron chi connectivity index (χ4n) is 1.89. The van der Waals surface area contributed by atoms with Gasteiger partial charge in [-0.15, -0.1) is 0 Å².